The summed E-state index contributed by atoms with van der Waals surface area (Å²) < 4.78 is 45.1. The summed E-state index contributed by atoms with van der Waals surface area (Å²) in [4.78, 5) is 25.1. The van der Waals surface area contributed by atoms with Crippen molar-refractivity contribution in [3.8, 4) is 5.75 Å². The molecule has 2 aromatic carbocycles. The number of likely N-dealkylation sites (N-methyl/N-ethyl adjacent to an activating group) is 1. The number of amides is 2. The summed E-state index contributed by atoms with van der Waals surface area (Å²) in [5.41, 5.74) is -1.31. The Balaban J connectivity index is 1.91. The maximum Gasteiger partial charge on any atom is 0.418 e. The number of halogens is 4. The number of hydrogen-bond donors (Lipinski definition) is 1. The van der Waals surface area contributed by atoms with Crippen molar-refractivity contribution >= 4 is 40.1 Å². The Labute approximate surface area is 167 Å². The molecule has 0 aromatic heterocycles. The molecule has 0 aliphatic carbocycles. The standard InChI is InChI=1S/C18H16F3IN2O3/c1-24(17(26)11-27-13-6-4-5-12(22)9-13)10-16(25)23-15-8-3-2-7-14(15)18(19,20)21/h2-9H,10-11H2,1H3,(H,23,25). The van der Waals surface area contributed by atoms with Crippen molar-refractivity contribution in [2.45, 2.75) is 6.18 Å². The van der Waals surface area contributed by atoms with Crippen LogP contribution in [0, 0.1) is 3.57 Å². The molecule has 0 aliphatic heterocycles. The van der Waals surface area contributed by atoms with Crippen LogP contribution < -0.4 is 10.1 Å². The monoisotopic (exact) mass is 492 g/mol. The van der Waals surface area contributed by atoms with Crippen LogP contribution in [0.25, 0.3) is 0 Å². The second-order valence-corrected chi connectivity index (χ2v) is 6.83. The molecule has 0 bridgehead atoms. The molecular formula is C18H16F3IN2O3. The molecule has 27 heavy (non-hydrogen) atoms. The van der Waals surface area contributed by atoms with Crippen LogP contribution >= 0.6 is 22.6 Å². The molecule has 144 valence electrons. The van der Waals surface area contributed by atoms with Crippen molar-refractivity contribution < 1.29 is 27.5 Å². The van der Waals surface area contributed by atoms with E-state index < -0.39 is 30.1 Å². The molecular weight excluding hydrogens is 476 g/mol. The Kier molecular flexibility index (Phi) is 7.05. The molecule has 0 fully saturated rings. The molecule has 0 unspecified atom stereocenters. The van der Waals surface area contributed by atoms with Gasteiger partial charge in [0.2, 0.25) is 5.91 Å². The molecule has 5 nitrogen and oxygen atoms in total. The zero-order valence-electron chi connectivity index (χ0n) is 14.2. The third-order valence-electron chi connectivity index (χ3n) is 3.47. The largest absolute Gasteiger partial charge is 0.484 e. The number of carbonyl (C=O) groups is 2. The number of hydrogen-bond acceptors (Lipinski definition) is 3. The van der Waals surface area contributed by atoms with E-state index in [2.05, 4.69) is 27.9 Å². The van der Waals surface area contributed by atoms with E-state index in [1.165, 1.54) is 19.2 Å². The summed E-state index contributed by atoms with van der Waals surface area (Å²) in [5, 5.41) is 2.19. The molecule has 0 radical (unpaired) electrons. The maximum absolute atomic E-state index is 12.9. The van der Waals surface area contributed by atoms with Crippen molar-refractivity contribution in [3.05, 3.63) is 57.7 Å². The van der Waals surface area contributed by atoms with E-state index in [1.807, 2.05) is 6.07 Å². The van der Waals surface area contributed by atoms with Crippen molar-refractivity contribution in [2.24, 2.45) is 0 Å². The van der Waals surface area contributed by atoms with Gasteiger partial charge in [-0.25, -0.2) is 0 Å². The van der Waals surface area contributed by atoms with Gasteiger partial charge in [0.1, 0.15) is 5.75 Å². The van der Waals surface area contributed by atoms with Crippen LogP contribution in [0.1, 0.15) is 5.56 Å². The number of nitrogens with one attached hydrogen (secondary N) is 1. The fourth-order valence-corrected chi connectivity index (χ4v) is 2.66. The van der Waals surface area contributed by atoms with E-state index in [-0.39, 0.29) is 12.3 Å². The van der Waals surface area contributed by atoms with Gasteiger partial charge in [-0.2, -0.15) is 13.2 Å². The summed E-state index contributed by atoms with van der Waals surface area (Å²) in [7, 11) is 1.37. The lowest BCUT2D eigenvalue weighted by atomic mass is 10.1. The molecule has 2 aromatic rings. The Morgan fingerprint density at radius 3 is 2.52 bits per heavy atom. The molecule has 0 atom stereocenters. The number of para-hydroxylation sites is 1. The SMILES string of the molecule is CN(CC(=O)Nc1ccccc1C(F)(F)F)C(=O)COc1cccc(I)c1. The van der Waals surface area contributed by atoms with Crippen LogP contribution in [0.2, 0.25) is 0 Å². The van der Waals surface area contributed by atoms with Crippen LogP contribution in [0.5, 0.6) is 5.75 Å². The van der Waals surface area contributed by atoms with Crippen LogP contribution in [-0.4, -0.2) is 36.9 Å². The summed E-state index contributed by atoms with van der Waals surface area (Å²) >= 11 is 2.10. The third-order valence-corrected chi connectivity index (χ3v) is 4.14. The molecule has 2 amide bonds. The first kappa shape index (κ1) is 21.0. The number of nitrogens with zero attached hydrogens (tertiary/aromatic N) is 1. The summed E-state index contributed by atoms with van der Waals surface area (Å²) in [6.45, 7) is -0.691. The van der Waals surface area contributed by atoms with Gasteiger partial charge in [-0.1, -0.05) is 18.2 Å². The first-order valence-corrected chi connectivity index (χ1v) is 8.83. The van der Waals surface area contributed by atoms with Crippen LogP contribution in [-0.2, 0) is 15.8 Å². The van der Waals surface area contributed by atoms with Gasteiger partial charge >= 0.3 is 6.18 Å². The second-order valence-electron chi connectivity index (χ2n) is 5.59. The van der Waals surface area contributed by atoms with Gasteiger partial charge < -0.3 is 15.0 Å². The molecule has 2 rings (SSSR count). The summed E-state index contributed by atoms with van der Waals surface area (Å²) in [6.07, 6.45) is -4.59. The lowest BCUT2D eigenvalue weighted by Gasteiger charge is -2.18. The third kappa shape index (κ3) is 6.42. The van der Waals surface area contributed by atoms with E-state index in [0.29, 0.717) is 5.75 Å². The highest BCUT2D eigenvalue weighted by Gasteiger charge is 2.33. The average molecular weight is 492 g/mol. The number of anilines is 1. The van der Waals surface area contributed by atoms with Crippen LogP contribution in [0.15, 0.2) is 48.5 Å². The topological polar surface area (TPSA) is 58.6 Å². The smallest absolute Gasteiger partial charge is 0.418 e. The van der Waals surface area contributed by atoms with E-state index in [9.17, 15) is 22.8 Å². The Bertz CT molecular complexity index is 827. The van der Waals surface area contributed by atoms with Gasteiger partial charge in [-0.15, -0.1) is 0 Å². The maximum atomic E-state index is 12.9. The van der Waals surface area contributed by atoms with E-state index >= 15 is 0 Å². The van der Waals surface area contributed by atoms with Crippen LogP contribution in [0.4, 0.5) is 18.9 Å². The minimum atomic E-state index is -4.59. The number of carbonyl (C=O) groups excluding carboxylic acids is 2. The van der Waals surface area contributed by atoms with E-state index in [1.54, 1.807) is 18.2 Å². The normalized spacial score (nSPS) is 11.0. The van der Waals surface area contributed by atoms with Crippen molar-refractivity contribution in [3.63, 3.8) is 0 Å². The highest BCUT2D eigenvalue weighted by atomic mass is 127. The zero-order chi connectivity index (χ0) is 20.0. The summed E-state index contributed by atoms with van der Waals surface area (Å²) in [5.74, 6) is -0.711. The minimum absolute atomic E-state index is 0.289. The number of ether oxygens (including phenoxy) is 1. The Hall–Kier alpha value is -2.30. The molecule has 0 saturated heterocycles. The van der Waals surface area contributed by atoms with Gasteiger partial charge in [0, 0.05) is 10.6 Å². The predicted molar refractivity (Wildman–Crippen MR) is 102 cm³/mol. The van der Waals surface area contributed by atoms with Crippen molar-refractivity contribution in [1.29, 1.82) is 0 Å². The molecule has 0 heterocycles. The lowest BCUT2D eigenvalue weighted by molar-refractivity contribution is -0.137. The van der Waals surface area contributed by atoms with Crippen LogP contribution in [0.3, 0.4) is 0 Å². The van der Waals surface area contributed by atoms with Gasteiger partial charge in [0.25, 0.3) is 5.91 Å². The number of rotatable bonds is 6. The van der Waals surface area contributed by atoms with E-state index in [4.69, 9.17) is 4.74 Å². The van der Waals surface area contributed by atoms with Gasteiger partial charge in [0.15, 0.2) is 6.61 Å². The lowest BCUT2D eigenvalue weighted by Crippen LogP contribution is -2.37. The molecule has 0 spiro atoms. The molecule has 0 saturated carbocycles. The fourth-order valence-electron chi connectivity index (χ4n) is 2.14. The molecule has 0 aliphatic rings. The number of benzene rings is 2. The Morgan fingerprint density at radius 1 is 1.15 bits per heavy atom. The second kappa shape index (κ2) is 9.07. The first-order chi connectivity index (χ1) is 12.7. The quantitative estimate of drug-likeness (QED) is 0.625. The molecule has 1 N–H and O–H groups in total. The summed E-state index contributed by atoms with van der Waals surface area (Å²) in [6, 6.07) is 11.7. The molecule has 9 heteroatoms. The number of alkyl halides is 3. The zero-order valence-corrected chi connectivity index (χ0v) is 16.4. The van der Waals surface area contributed by atoms with Gasteiger partial charge in [-0.05, 0) is 52.9 Å². The predicted octanol–water partition coefficient (Wildman–Crippen LogP) is 3.79. The van der Waals surface area contributed by atoms with Crippen molar-refractivity contribution in [1.82, 2.24) is 4.90 Å². The average Bonchev–Trinajstić information content (AvgIpc) is 2.59. The fraction of sp³-hybridized carbons (Fsp3) is 0.222. The van der Waals surface area contributed by atoms with Gasteiger partial charge in [0.05, 0.1) is 17.8 Å². The minimum Gasteiger partial charge on any atom is -0.484 e. The van der Waals surface area contributed by atoms with Gasteiger partial charge in [-0.3, -0.25) is 9.59 Å². The van der Waals surface area contributed by atoms with E-state index in [0.717, 1.165) is 20.6 Å². The van der Waals surface area contributed by atoms with Crippen molar-refractivity contribution in [2.75, 3.05) is 25.5 Å². The first-order valence-electron chi connectivity index (χ1n) is 7.75. The highest BCUT2D eigenvalue weighted by molar-refractivity contribution is 14.1. The Morgan fingerprint density at radius 2 is 1.85 bits per heavy atom. The highest BCUT2D eigenvalue weighted by Crippen LogP contribution is 2.34.